The molecule has 0 unspecified atom stereocenters. The second-order valence-electron chi connectivity index (χ2n) is 7.36. The normalized spacial score (nSPS) is 13.2. The molecule has 0 aliphatic carbocycles. The summed E-state index contributed by atoms with van der Waals surface area (Å²) in [5.41, 5.74) is 4.69. The van der Waals surface area contributed by atoms with Gasteiger partial charge >= 0.3 is 0 Å². The monoisotopic (exact) mass is 414 g/mol. The molecule has 1 aliphatic rings. The molecule has 1 aliphatic heterocycles. The zero-order chi connectivity index (χ0) is 20.3. The maximum atomic E-state index is 5.21. The van der Waals surface area contributed by atoms with Crippen LogP contribution < -0.4 is 5.32 Å². The predicted octanol–water partition coefficient (Wildman–Crippen LogP) is 5.77. The van der Waals surface area contributed by atoms with Crippen LogP contribution in [-0.4, -0.2) is 29.3 Å². The minimum atomic E-state index is 0.695. The van der Waals surface area contributed by atoms with Crippen molar-refractivity contribution in [2.24, 2.45) is 4.99 Å². The highest BCUT2D eigenvalue weighted by Gasteiger charge is 2.12. The van der Waals surface area contributed by atoms with Crippen LogP contribution >= 0.6 is 11.3 Å². The fourth-order valence-corrected chi connectivity index (χ4v) is 4.49. The summed E-state index contributed by atoms with van der Waals surface area (Å²) in [7, 11) is 0. The summed E-state index contributed by atoms with van der Waals surface area (Å²) in [6, 6.07) is 12.8. The van der Waals surface area contributed by atoms with Gasteiger partial charge in [0.1, 0.15) is 16.9 Å². The first-order chi connectivity index (χ1) is 14.8. The Balaban J connectivity index is 1.25. The number of aromatic nitrogens is 2. The number of thiophene rings is 1. The third-order valence-electron chi connectivity index (χ3n) is 5.16. The van der Waals surface area contributed by atoms with E-state index in [1.54, 1.807) is 23.9 Å². The molecule has 0 fully saturated rings. The molecular formula is C24H22N4OS. The molecule has 5 nitrogen and oxygen atoms in total. The van der Waals surface area contributed by atoms with Crippen molar-refractivity contribution in [3.63, 3.8) is 0 Å². The van der Waals surface area contributed by atoms with Crippen molar-refractivity contribution in [3.05, 3.63) is 71.0 Å². The smallest absolute Gasteiger partial charge is 0.166 e. The van der Waals surface area contributed by atoms with Gasteiger partial charge in [0.25, 0.3) is 0 Å². The summed E-state index contributed by atoms with van der Waals surface area (Å²) in [6.07, 6.45) is 9.49. The highest BCUT2D eigenvalue weighted by atomic mass is 32.1. The molecule has 5 rings (SSSR count). The van der Waals surface area contributed by atoms with E-state index in [-0.39, 0.29) is 0 Å². The lowest BCUT2D eigenvalue weighted by atomic mass is 10.0. The van der Waals surface area contributed by atoms with Gasteiger partial charge in [0, 0.05) is 17.6 Å². The van der Waals surface area contributed by atoms with Gasteiger partial charge in [0.15, 0.2) is 5.82 Å². The molecular weight excluding hydrogens is 392 g/mol. The molecule has 6 heteroatoms. The second kappa shape index (κ2) is 8.24. The maximum absolute atomic E-state index is 5.21. The van der Waals surface area contributed by atoms with E-state index in [0.29, 0.717) is 5.82 Å². The van der Waals surface area contributed by atoms with Crippen molar-refractivity contribution >= 4 is 39.2 Å². The van der Waals surface area contributed by atoms with Crippen molar-refractivity contribution in [1.82, 2.24) is 9.97 Å². The molecule has 0 saturated carbocycles. The van der Waals surface area contributed by atoms with Gasteiger partial charge in [0.05, 0.1) is 23.8 Å². The van der Waals surface area contributed by atoms with Gasteiger partial charge in [-0.3, -0.25) is 4.99 Å². The van der Waals surface area contributed by atoms with Crippen LogP contribution in [0.1, 0.15) is 22.4 Å². The van der Waals surface area contributed by atoms with Gasteiger partial charge in [-0.15, -0.1) is 11.3 Å². The Morgan fingerprint density at radius 3 is 2.77 bits per heavy atom. The molecule has 0 bridgehead atoms. The van der Waals surface area contributed by atoms with Gasteiger partial charge in [0.2, 0.25) is 0 Å². The van der Waals surface area contributed by atoms with Gasteiger partial charge in [-0.1, -0.05) is 30.3 Å². The average Bonchev–Trinajstić information content (AvgIpc) is 3.52. The lowest BCUT2D eigenvalue weighted by molar-refractivity contribution is 0.568. The summed E-state index contributed by atoms with van der Waals surface area (Å²) in [5.74, 6) is 1.59. The molecule has 0 atom stereocenters. The van der Waals surface area contributed by atoms with Gasteiger partial charge < -0.3 is 9.73 Å². The lowest BCUT2D eigenvalue weighted by Gasteiger charge is -2.09. The van der Waals surface area contributed by atoms with Gasteiger partial charge in [-0.25, -0.2) is 9.97 Å². The first-order valence-electron chi connectivity index (χ1n) is 10.1. The fourth-order valence-electron chi connectivity index (χ4n) is 3.61. The Kier molecular flexibility index (Phi) is 5.15. The van der Waals surface area contributed by atoms with Crippen LogP contribution in [0, 0.1) is 6.92 Å². The summed E-state index contributed by atoms with van der Waals surface area (Å²) in [6.45, 7) is 3.75. The highest BCUT2D eigenvalue weighted by molar-refractivity contribution is 7.18. The zero-order valence-corrected chi connectivity index (χ0v) is 17.6. The predicted molar refractivity (Wildman–Crippen MR) is 124 cm³/mol. The molecule has 0 spiro atoms. The Morgan fingerprint density at radius 2 is 2.00 bits per heavy atom. The number of allylic oxidation sites excluding steroid dienone is 1. The molecule has 4 aromatic rings. The van der Waals surface area contributed by atoms with Crippen molar-refractivity contribution < 1.29 is 4.42 Å². The molecule has 0 amide bonds. The van der Waals surface area contributed by atoms with Crippen LogP contribution in [-0.2, 0) is 6.42 Å². The van der Waals surface area contributed by atoms with Crippen LogP contribution in [0.25, 0.3) is 27.2 Å². The number of hydrogen-bond acceptors (Lipinski definition) is 6. The minimum Gasteiger partial charge on any atom is -0.472 e. The summed E-state index contributed by atoms with van der Waals surface area (Å²) in [5, 5.41) is 4.61. The maximum Gasteiger partial charge on any atom is 0.166 e. The third-order valence-corrected chi connectivity index (χ3v) is 6.11. The number of hydrogen-bond donors (Lipinski definition) is 1. The molecule has 150 valence electrons. The second-order valence-corrected chi connectivity index (χ2v) is 8.60. The van der Waals surface area contributed by atoms with Crippen molar-refractivity contribution in [3.8, 4) is 11.4 Å². The van der Waals surface area contributed by atoms with Crippen LogP contribution in [0.3, 0.4) is 0 Å². The van der Waals surface area contributed by atoms with E-state index < -0.39 is 0 Å². The van der Waals surface area contributed by atoms with Crippen LogP contribution in [0.5, 0.6) is 0 Å². The standard InChI is InChI=1S/C24H22N4OS/c1-16-13-21-23(27-22(28-24(21)30-16)20-9-12-29-15-20)26-10-2-3-17-4-6-18(7-5-17)19-8-11-25-14-19/h4-9,12-15H,2-3,10-11H2,1H3,(H,26,27,28). The zero-order valence-electron chi connectivity index (χ0n) is 16.8. The number of nitrogens with one attached hydrogen (secondary N) is 1. The Hall–Kier alpha value is -3.25. The van der Waals surface area contributed by atoms with E-state index >= 15 is 0 Å². The van der Waals surface area contributed by atoms with Crippen molar-refractivity contribution in [1.29, 1.82) is 0 Å². The van der Waals surface area contributed by atoms with Crippen LogP contribution in [0.15, 0.2) is 64.4 Å². The fraction of sp³-hybridized carbons (Fsp3) is 0.208. The van der Waals surface area contributed by atoms with Crippen LogP contribution in [0.4, 0.5) is 5.82 Å². The number of aryl methyl sites for hydroxylation is 2. The number of rotatable bonds is 7. The summed E-state index contributed by atoms with van der Waals surface area (Å²) < 4.78 is 5.21. The van der Waals surface area contributed by atoms with Gasteiger partial charge in [-0.05, 0) is 48.6 Å². The average molecular weight is 415 g/mol. The quantitative estimate of drug-likeness (QED) is 0.390. The molecule has 4 heterocycles. The Bertz CT molecular complexity index is 1220. The molecule has 1 N–H and O–H groups in total. The summed E-state index contributed by atoms with van der Waals surface area (Å²) in [4.78, 5) is 16.0. The minimum absolute atomic E-state index is 0.695. The topological polar surface area (TPSA) is 63.3 Å². The van der Waals surface area contributed by atoms with E-state index in [4.69, 9.17) is 14.4 Å². The van der Waals surface area contributed by atoms with E-state index in [1.165, 1.54) is 21.6 Å². The number of aliphatic imine (C=N–C) groups is 1. The number of benzene rings is 1. The third kappa shape index (κ3) is 3.91. The Labute approximate surface area is 179 Å². The van der Waals surface area contributed by atoms with E-state index in [1.807, 2.05) is 12.3 Å². The van der Waals surface area contributed by atoms with E-state index in [9.17, 15) is 0 Å². The molecule has 30 heavy (non-hydrogen) atoms. The van der Waals surface area contributed by atoms with Gasteiger partial charge in [-0.2, -0.15) is 0 Å². The lowest BCUT2D eigenvalue weighted by Crippen LogP contribution is -2.06. The van der Waals surface area contributed by atoms with E-state index in [0.717, 1.165) is 47.5 Å². The number of fused-ring (bicyclic) bond motifs is 1. The molecule has 0 saturated heterocycles. The SMILES string of the molecule is Cc1cc2c(NCCCc3ccc(C4=CCN=C4)cc3)nc(-c3ccoc3)nc2s1. The summed E-state index contributed by atoms with van der Waals surface area (Å²) >= 11 is 1.69. The molecule has 0 radical (unpaired) electrons. The first-order valence-corrected chi connectivity index (χ1v) is 10.9. The molecule has 1 aromatic carbocycles. The number of furan rings is 1. The number of anilines is 1. The Morgan fingerprint density at radius 1 is 1.10 bits per heavy atom. The molecule has 3 aromatic heterocycles. The first kappa shape index (κ1) is 18.8. The van der Waals surface area contributed by atoms with Crippen molar-refractivity contribution in [2.45, 2.75) is 19.8 Å². The highest BCUT2D eigenvalue weighted by Crippen LogP contribution is 2.31. The van der Waals surface area contributed by atoms with Crippen LogP contribution in [0.2, 0.25) is 0 Å². The largest absolute Gasteiger partial charge is 0.472 e. The number of nitrogens with zero attached hydrogens (tertiary/aromatic N) is 3. The van der Waals surface area contributed by atoms with Crippen molar-refractivity contribution in [2.75, 3.05) is 18.4 Å². The van der Waals surface area contributed by atoms with E-state index in [2.05, 4.69) is 53.6 Å².